The van der Waals surface area contributed by atoms with Gasteiger partial charge in [0, 0.05) is 5.56 Å². The van der Waals surface area contributed by atoms with Crippen LogP contribution in [0.15, 0.2) is 12.1 Å². The fourth-order valence-electron chi connectivity index (χ4n) is 1.11. The lowest BCUT2D eigenvalue weighted by Gasteiger charge is -2.07. The molecule has 1 aromatic rings. The zero-order chi connectivity index (χ0) is 10.9. The van der Waals surface area contributed by atoms with Gasteiger partial charge in [0.25, 0.3) is 6.43 Å². The number of halogens is 4. The Hall–Kier alpha value is -1.03. The molecule has 0 amide bonds. The Morgan fingerprint density at radius 3 is 2.43 bits per heavy atom. The van der Waals surface area contributed by atoms with Crippen LogP contribution < -0.4 is 0 Å². The van der Waals surface area contributed by atoms with Crippen LogP contribution in [0.3, 0.4) is 0 Å². The number of benzene rings is 1. The van der Waals surface area contributed by atoms with E-state index in [4.69, 9.17) is 11.6 Å². The van der Waals surface area contributed by atoms with Crippen LogP contribution in [0.5, 0.6) is 0 Å². The Bertz CT molecular complexity index is 377. The molecule has 0 radical (unpaired) electrons. The second-order valence-corrected chi connectivity index (χ2v) is 3.09. The number of hydrogen-bond donors (Lipinski definition) is 0. The van der Waals surface area contributed by atoms with Crippen LogP contribution >= 0.6 is 11.6 Å². The number of hydrogen-bond acceptors (Lipinski definition) is 1. The molecule has 0 bridgehead atoms. The minimum Gasteiger partial charge on any atom is -0.294 e. The van der Waals surface area contributed by atoms with E-state index in [9.17, 15) is 18.0 Å². The minimum atomic E-state index is -2.89. The van der Waals surface area contributed by atoms with E-state index in [1.165, 1.54) is 0 Å². The zero-order valence-corrected chi connectivity index (χ0v) is 7.91. The summed E-state index contributed by atoms with van der Waals surface area (Å²) < 4.78 is 37.9. The van der Waals surface area contributed by atoms with Crippen molar-refractivity contribution in [3.63, 3.8) is 0 Å². The molecule has 0 saturated carbocycles. The fraction of sp³-hybridized carbons (Fsp3) is 0.222. The van der Waals surface area contributed by atoms with Gasteiger partial charge in [-0.15, -0.1) is 0 Å². The van der Waals surface area contributed by atoms with Crippen molar-refractivity contribution in [2.45, 2.75) is 13.3 Å². The lowest BCUT2D eigenvalue weighted by Crippen LogP contribution is -2.04. The highest BCUT2D eigenvalue weighted by atomic mass is 35.5. The van der Waals surface area contributed by atoms with Gasteiger partial charge in [-0.2, -0.15) is 0 Å². The van der Waals surface area contributed by atoms with E-state index in [0.29, 0.717) is 0 Å². The smallest absolute Gasteiger partial charge is 0.264 e. The Labute approximate surface area is 83.5 Å². The average molecular weight is 223 g/mol. The molecule has 0 spiro atoms. The molecule has 1 rings (SSSR count). The first-order valence-electron chi connectivity index (χ1n) is 3.72. The maximum atomic E-state index is 13.2. The van der Waals surface area contributed by atoms with Crippen molar-refractivity contribution >= 4 is 17.4 Å². The third kappa shape index (κ3) is 1.90. The van der Waals surface area contributed by atoms with Crippen LogP contribution in [0.25, 0.3) is 0 Å². The molecule has 0 atom stereocenters. The molecule has 0 aromatic heterocycles. The average Bonchev–Trinajstić information content (AvgIpc) is 2.08. The van der Waals surface area contributed by atoms with Gasteiger partial charge in [0.2, 0.25) is 0 Å². The fourth-order valence-corrected chi connectivity index (χ4v) is 1.26. The molecular weight excluding hydrogens is 217 g/mol. The van der Waals surface area contributed by atoms with E-state index in [2.05, 4.69) is 0 Å². The molecule has 14 heavy (non-hydrogen) atoms. The second kappa shape index (κ2) is 4.00. The summed E-state index contributed by atoms with van der Waals surface area (Å²) in [6.45, 7) is 1.01. The van der Waals surface area contributed by atoms with Crippen molar-refractivity contribution in [1.82, 2.24) is 0 Å². The standard InChI is InChI=1S/C9H6ClF3O/c1-4(14)7-5(9(12)13)2-3-6(10)8(7)11/h2-3,9H,1H3. The molecule has 76 valence electrons. The first-order valence-corrected chi connectivity index (χ1v) is 4.10. The Morgan fingerprint density at radius 2 is 2.00 bits per heavy atom. The van der Waals surface area contributed by atoms with Crippen molar-refractivity contribution < 1.29 is 18.0 Å². The predicted octanol–water partition coefficient (Wildman–Crippen LogP) is 3.62. The number of ketones is 1. The predicted molar refractivity (Wildman–Crippen MR) is 46.4 cm³/mol. The van der Waals surface area contributed by atoms with Gasteiger partial charge in [0.15, 0.2) is 11.6 Å². The number of alkyl halides is 2. The van der Waals surface area contributed by atoms with Crippen molar-refractivity contribution in [2.24, 2.45) is 0 Å². The van der Waals surface area contributed by atoms with Gasteiger partial charge in [-0.3, -0.25) is 4.79 Å². The molecule has 0 N–H and O–H groups in total. The first-order chi connectivity index (χ1) is 6.45. The molecule has 0 aliphatic carbocycles. The van der Waals surface area contributed by atoms with Gasteiger partial charge in [-0.25, -0.2) is 13.2 Å². The van der Waals surface area contributed by atoms with Gasteiger partial charge < -0.3 is 0 Å². The maximum absolute atomic E-state index is 13.2. The Kier molecular flexibility index (Phi) is 3.16. The summed E-state index contributed by atoms with van der Waals surface area (Å²) in [5.74, 6) is -1.85. The van der Waals surface area contributed by atoms with Gasteiger partial charge >= 0.3 is 0 Å². The Balaban J connectivity index is 3.45. The highest BCUT2D eigenvalue weighted by Crippen LogP contribution is 2.29. The van der Waals surface area contributed by atoms with Crippen LogP contribution in [0, 0.1) is 5.82 Å². The number of rotatable bonds is 2. The SMILES string of the molecule is CC(=O)c1c(C(F)F)ccc(Cl)c1F. The van der Waals surface area contributed by atoms with Gasteiger partial charge in [0.05, 0.1) is 10.6 Å². The molecule has 0 aliphatic rings. The third-order valence-corrected chi connectivity index (χ3v) is 2.01. The van der Waals surface area contributed by atoms with E-state index in [1.807, 2.05) is 0 Å². The third-order valence-electron chi connectivity index (χ3n) is 1.71. The van der Waals surface area contributed by atoms with Crippen molar-refractivity contribution in [3.8, 4) is 0 Å². The maximum Gasteiger partial charge on any atom is 0.264 e. The van der Waals surface area contributed by atoms with E-state index in [1.54, 1.807) is 0 Å². The lowest BCUT2D eigenvalue weighted by molar-refractivity contribution is 0.0994. The number of carbonyl (C=O) groups is 1. The zero-order valence-electron chi connectivity index (χ0n) is 7.15. The lowest BCUT2D eigenvalue weighted by atomic mass is 10.0. The summed E-state index contributed by atoms with van der Waals surface area (Å²) in [6, 6.07) is 1.96. The normalized spacial score (nSPS) is 10.7. The van der Waals surface area contributed by atoms with Crippen LogP contribution in [-0.2, 0) is 0 Å². The summed E-state index contributed by atoms with van der Waals surface area (Å²) in [7, 11) is 0. The molecule has 0 heterocycles. The van der Waals surface area contributed by atoms with Gasteiger partial charge in [-0.05, 0) is 13.0 Å². The highest BCUT2D eigenvalue weighted by Gasteiger charge is 2.21. The monoisotopic (exact) mass is 222 g/mol. The second-order valence-electron chi connectivity index (χ2n) is 2.68. The topological polar surface area (TPSA) is 17.1 Å². The largest absolute Gasteiger partial charge is 0.294 e. The minimum absolute atomic E-state index is 0.334. The molecule has 5 heteroatoms. The molecule has 0 saturated heterocycles. The van der Waals surface area contributed by atoms with Gasteiger partial charge in [-0.1, -0.05) is 17.7 Å². The van der Waals surface area contributed by atoms with Crippen LogP contribution in [0.1, 0.15) is 29.3 Å². The van der Waals surface area contributed by atoms with Crippen LogP contribution in [-0.4, -0.2) is 5.78 Å². The molecule has 1 nitrogen and oxygen atoms in total. The first kappa shape index (κ1) is 11.0. The summed E-state index contributed by atoms with van der Waals surface area (Å²) in [4.78, 5) is 10.9. The summed E-state index contributed by atoms with van der Waals surface area (Å²) in [5.41, 5.74) is -1.26. The van der Waals surface area contributed by atoms with E-state index in [0.717, 1.165) is 19.1 Å². The van der Waals surface area contributed by atoms with Crippen LogP contribution in [0.4, 0.5) is 13.2 Å². The molecule has 0 fully saturated rings. The molecule has 0 unspecified atom stereocenters. The summed E-state index contributed by atoms with van der Waals surface area (Å²) in [6.07, 6.45) is -2.89. The van der Waals surface area contributed by atoms with Crippen molar-refractivity contribution in [2.75, 3.05) is 0 Å². The van der Waals surface area contributed by atoms with E-state index < -0.39 is 29.2 Å². The van der Waals surface area contributed by atoms with Crippen molar-refractivity contribution in [1.29, 1.82) is 0 Å². The summed E-state index contributed by atoms with van der Waals surface area (Å²) >= 11 is 5.36. The quantitative estimate of drug-likeness (QED) is 0.699. The highest BCUT2D eigenvalue weighted by molar-refractivity contribution is 6.31. The van der Waals surface area contributed by atoms with Crippen molar-refractivity contribution in [3.05, 3.63) is 34.1 Å². The molecule has 1 aromatic carbocycles. The molecular formula is C9H6ClF3O. The van der Waals surface area contributed by atoms with Crippen LogP contribution in [0.2, 0.25) is 5.02 Å². The molecule has 0 aliphatic heterocycles. The Morgan fingerprint density at radius 1 is 1.43 bits per heavy atom. The summed E-state index contributed by atoms with van der Waals surface area (Å²) in [5, 5.41) is -0.334. The van der Waals surface area contributed by atoms with E-state index in [-0.39, 0.29) is 5.02 Å². The number of Topliss-reactive ketones (excluding diaryl/α,β-unsaturated/α-hetero) is 1. The number of carbonyl (C=O) groups excluding carboxylic acids is 1. The van der Waals surface area contributed by atoms with Gasteiger partial charge in [0.1, 0.15) is 0 Å². The van der Waals surface area contributed by atoms with E-state index >= 15 is 0 Å².